The standard InChI is InChI=1S/C16H27FN2O/c1-5-18-13(4)14-8-9-16(15(17)12-14)20-11-10-19(6-2)7-3/h8-9,12-13,18H,5-7,10-11H2,1-4H3. The van der Waals surface area contributed by atoms with Crippen molar-refractivity contribution in [2.75, 3.05) is 32.8 Å². The summed E-state index contributed by atoms with van der Waals surface area (Å²) >= 11 is 0. The number of nitrogens with one attached hydrogen (secondary N) is 1. The van der Waals surface area contributed by atoms with Gasteiger partial charge in [-0.2, -0.15) is 0 Å². The highest BCUT2D eigenvalue weighted by molar-refractivity contribution is 5.30. The van der Waals surface area contributed by atoms with Crippen LogP contribution in [0.1, 0.15) is 39.3 Å². The summed E-state index contributed by atoms with van der Waals surface area (Å²) in [5, 5.41) is 3.27. The minimum Gasteiger partial charge on any atom is -0.489 e. The first-order chi connectivity index (χ1) is 9.62. The fraction of sp³-hybridized carbons (Fsp3) is 0.625. The summed E-state index contributed by atoms with van der Waals surface area (Å²) in [6, 6.07) is 5.35. The van der Waals surface area contributed by atoms with Crippen molar-refractivity contribution in [2.24, 2.45) is 0 Å². The van der Waals surface area contributed by atoms with Crippen molar-refractivity contribution in [2.45, 2.75) is 33.7 Å². The van der Waals surface area contributed by atoms with Crippen molar-refractivity contribution in [3.05, 3.63) is 29.6 Å². The third-order valence-corrected chi connectivity index (χ3v) is 3.53. The number of ether oxygens (including phenoxy) is 1. The van der Waals surface area contributed by atoms with Crippen LogP contribution in [0.15, 0.2) is 18.2 Å². The highest BCUT2D eigenvalue weighted by atomic mass is 19.1. The van der Waals surface area contributed by atoms with Gasteiger partial charge in [0.25, 0.3) is 0 Å². The van der Waals surface area contributed by atoms with Gasteiger partial charge in [0.15, 0.2) is 11.6 Å². The second-order valence-electron chi connectivity index (χ2n) is 4.84. The van der Waals surface area contributed by atoms with Crippen LogP contribution >= 0.6 is 0 Å². The van der Waals surface area contributed by atoms with Crippen molar-refractivity contribution in [1.29, 1.82) is 0 Å². The second-order valence-corrected chi connectivity index (χ2v) is 4.84. The molecule has 3 nitrogen and oxygen atoms in total. The lowest BCUT2D eigenvalue weighted by molar-refractivity contribution is 0.217. The first kappa shape index (κ1) is 16.9. The number of rotatable bonds is 9. The molecule has 1 atom stereocenters. The first-order valence-corrected chi connectivity index (χ1v) is 7.50. The molecular weight excluding hydrogens is 255 g/mol. The zero-order valence-corrected chi connectivity index (χ0v) is 13.1. The molecule has 0 saturated carbocycles. The zero-order valence-electron chi connectivity index (χ0n) is 13.1. The number of likely N-dealkylation sites (N-methyl/N-ethyl adjacent to an activating group) is 1. The van der Waals surface area contributed by atoms with E-state index in [4.69, 9.17) is 4.74 Å². The average molecular weight is 282 g/mol. The maximum absolute atomic E-state index is 14.0. The van der Waals surface area contributed by atoms with Gasteiger partial charge in [-0.3, -0.25) is 0 Å². The molecule has 0 fully saturated rings. The Morgan fingerprint density at radius 1 is 1.25 bits per heavy atom. The molecule has 0 amide bonds. The van der Waals surface area contributed by atoms with Gasteiger partial charge in [-0.1, -0.05) is 26.8 Å². The number of hydrogen-bond donors (Lipinski definition) is 1. The Bertz CT molecular complexity index is 394. The van der Waals surface area contributed by atoms with Gasteiger partial charge in [-0.25, -0.2) is 4.39 Å². The van der Waals surface area contributed by atoms with E-state index >= 15 is 0 Å². The molecule has 0 aliphatic carbocycles. The Kier molecular flexibility index (Phi) is 7.55. The van der Waals surface area contributed by atoms with Gasteiger partial charge in [0.1, 0.15) is 6.61 Å². The van der Waals surface area contributed by atoms with E-state index in [0.717, 1.165) is 31.7 Å². The number of benzene rings is 1. The van der Waals surface area contributed by atoms with Gasteiger partial charge in [-0.05, 0) is 44.3 Å². The molecular formula is C16H27FN2O. The summed E-state index contributed by atoms with van der Waals surface area (Å²) in [5.41, 5.74) is 0.945. The minimum atomic E-state index is -0.285. The van der Waals surface area contributed by atoms with Crippen LogP contribution in [0.25, 0.3) is 0 Å². The first-order valence-electron chi connectivity index (χ1n) is 7.50. The van der Waals surface area contributed by atoms with Crippen LogP contribution in [0.5, 0.6) is 5.75 Å². The molecule has 20 heavy (non-hydrogen) atoms. The monoisotopic (exact) mass is 282 g/mol. The van der Waals surface area contributed by atoms with E-state index in [-0.39, 0.29) is 11.9 Å². The highest BCUT2D eigenvalue weighted by Crippen LogP contribution is 2.22. The summed E-state index contributed by atoms with van der Waals surface area (Å²) in [7, 11) is 0. The van der Waals surface area contributed by atoms with E-state index in [1.165, 1.54) is 0 Å². The topological polar surface area (TPSA) is 24.5 Å². The largest absolute Gasteiger partial charge is 0.489 e. The fourth-order valence-corrected chi connectivity index (χ4v) is 2.15. The molecule has 0 heterocycles. The second kappa shape index (κ2) is 8.93. The number of nitrogens with zero attached hydrogens (tertiary/aromatic N) is 1. The predicted molar refractivity (Wildman–Crippen MR) is 81.8 cm³/mol. The van der Waals surface area contributed by atoms with Gasteiger partial charge < -0.3 is 15.0 Å². The molecule has 4 heteroatoms. The van der Waals surface area contributed by atoms with Crippen molar-refractivity contribution in [1.82, 2.24) is 10.2 Å². The van der Waals surface area contributed by atoms with E-state index in [2.05, 4.69) is 24.1 Å². The Hall–Kier alpha value is -1.13. The average Bonchev–Trinajstić information content (AvgIpc) is 2.45. The van der Waals surface area contributed by atoms with E-state index in [1.54, 1.807) is 12.1 Å². The summed E-state index contributed by atoms with van der Waals surface area (Å²) in [6.07, 6.45) is 0. The van der Waals surface area contributed by atoms with E-state index in [1.807, 2.05) is 19.9 Å². The Morgan fingerprint density at radius 2 is 1.95 bits per heavy atom. The van der Waals surface area contributed by atoms with Gasteiger partial charge in [0, 0.05) is 12.6 Å². The lowest BCUT2D eigenvalue weighted by Gasteiger charge is -2.18. The summed E-state index contributed by atoms with van der Waals surface area (Å²) in [4.78, 5) is 2.25. The molecule has 1 aromatic carbocycles. The van der Waals surface area contributed by atoms with Gasteiger partial charge >= 0.3 is 0 Å². The normalized spacial score (nSPS) is 12.7. The van der Waals surface area contributed by atoms with Crippen molar-refractivity contribution < 1.29 is 9.13 Å². The molecule has 0 aliphatic rings. The molecule has 1 rings (SSSR count). The molecule has 0 aromatic heterocycles. The fourth-order valence-electron chi connectivity index (χ4n) is 2.15. The maximum atomic E-state index is 14.0. The smallest absolute Gasteiger partial charge is 0.165 e. The van der Waals surface area contributed by atoms with Crippen LogP contribution < -0.4 is 10.1 Å². The zero-order chi connectivity index (χ0) is 15.0. The van der Waals surface area contributed by atoms with E-state index in [9.17, 15) is 4.39 Å². The van der Waals surface area contributed by atoms with Gasteiger partial charge in [-0.15, -0.1) is 0 Å². The van der Waals surface area contributed by atoms with Crippen molar-refractivity contribution >= 4 is 0 Å². The van der Waals surface area contributed by atoms with Gasteiger partial charge in [0.05, 0.1) is 0 Å². The summed E-state index contributed by atoms with van der Waals surface area (Å²) in [6.45, 7) is 12.5. The van der Waals surface area contributed by atoms with Crippen LogP contribution in [0, 0.1) is 5.82 Å². The molecule has 114 valence electrons. The van der Waals surface area contributed by atoms with Gasteiger partial charge in [0.2, 0.25) is 0 Å². The van der Waals surface area contributed by atoms with Crippen LogP contribution in [-0.2, 0) is 0 Å². The molecule has 1 N–H and O–H groups in total. The molecule has 0 bridgehead atoms. The summed E-state index contributed by atoms with van der Waals surface area (Å²) in [5.74, 6) is 0.0522. The lowest BCUT2D eigenvalue weighted by Crippen LogP contribution is -2.28. The summed E-state index contributed by atoms with van der Waals surface area (Å²) < 4.78 is 19.5. The number of hydrogen-bond acceptors (Lipinski definition) is 3. The lowest BCUT2D eigenvalue weighted by atomic mass is 10.1. The van der Waals surface area contributed by atoms with E-state index < -0.39 is 0 Å². The Labute approximate surface area is 122 Å². The van der Waals surface area contributed by atoms with Crippen LogP contribution in [-0.4, -0.2) is 37.7 Å². The number of halogens is 1. The van der Waals surface area contributed by atoms with Crippen LogP contribution in [0.3, 0.4) is 0 Å². The Balaban J connectivity index is 2.55. The highest BCUT2D eigenvalue weighted by Gasteiger charge is 2.09. The molecule has 0 spiro atoms. The third kappa shape index (κ3) is 5.10. The molecule has 1 unspecified atom stereocenters. The quantitative estimate of drug-likeness (QED) is 0.752. The predicted octanol–water partition coefficient (Wildman–Crippen LogP) is 3.22. The van der Waals surface area contributed by atoms with Crippen molar-refractivity contribution in [3.8, 4) is 5.75 Å². The molecule has 1 aromatic rings. The van der Waals surface area contributed by atoms with Crippen LogP contribution in [0.2, 0.25) is 0 Å². The minimum absolute atomic E-state index is 0.152. The van der Waals surface area contributed by atoms with Crippen LogP contribution in [0.4, 0.5) is 4.39 Å². The van der Waals surface area contributed by atoms with E-state index in [0.29, 0.717) is 12.4 Å². The maximum Gasteiger partial charge on any atom is 0.165 e. The molecule has 0 aliphatic heterocycles. The molecule has 0 radical (unpaired) electrons. The van der Waals surface area contributed by atoms with Crippen molar-refractivity contribution in [3.63, 3.8) is 0 Å². The SMILES string of the molecule is CCNC(C)c1ccc(OCCN(CC)CC)c(F)c1. The Morgan fingerprint density at radius 3 is 2.50 bits per heavy atom. The third-order valence-electron chi connectivity index (χ3n) is 3.53. The molecule has 0 saturated heterocycles.